The minimum Gasteiger partial charge on any atom is -0.480 e. The Morgan fingerprint density at radius 2 is 1.64 bits per heavy atom. The molecule has 0 amide bonds. The zero-order valence-electron chi connectivity index (χ0n) is 19.8. The Balaban J connectivity index is 1.44. The van der Waals surface area contributed by atoms with Gasteiger partial charge in [0.2, 0.25) is 0 Å². The first-order valence-corrected chi connectivity index (χ1v) is 12.0. The monoisotopic (exact) mass is 484 g/mol. The van der Waals surface area contributed by atoms with Crippen molar-refractivity contribution >= 4 is 22.8 Å². The van der Waals surface area contributed by atoms with Crippen molar-refractivity contribution in [2.24, 2.45) is 0 Å². The Morgan fingerprint density at radius 3 is 2.31 bits per heavy atom. The second-order valence-corrected chi connectivity index (χ2v) is 9.11. The van der Waals surface area contributed by atoms with Gasteiger partial charge in [0.25, 0.3) is 0 Å². The third kappa shape index (κ3) is 5.00. The summed E-state index contributed by atoms with van der Waals surface area (Å²) in [5.74, 6) is -1.92. The van der Waals surface area contributed by atoms with Crippen molar-refractivity contribution in [1.82, 2.24) is 19.4 Å². The average Bonchev–Trinajstić information content (AvgIpc) is 3.23. The van der Waals surface area contributed by atoms with Crippen LogP contribution >= 0.6 is 0 Å². The molecular weight excluding hydrogens is 456 g/mol. The molecule has 2 aromatic heterocycles. The average molecular weight is 485 g/mol. The number of aromatic nitrogens is 2. The molecule has 0 bridgehead atoms. The molecule has 1 aliphatic rings. The van der Waals surface area contributed by atoms with Crippen LogP contribution in [0.4, 0.5) is 0 Å². The largest absolute Gasteiger partial charge is 0.480 e. The summed E-state index contributed by atoms with van der Waals surface area (Å²) >= 11 is 0. The molecule has 1 atom stereocenters. The maximum absolute atomic E-state index is 12.6. The number of aliphatic carboxylic acids is 1. The standard InChI is InChI=1S/C28H28N4O4/c33-27(34)21-9-10-23-24(19-32(25(23)16-21)17-20-6-2-1-3-7-20)26(28(35)36)31-14-12-30(13-15-31)18-22-8-4-5-11-29-22/h1-11,16,19,26H,12-15,17-18H2,(H,33,34)(H,35,36)/t26-/m1/s1. The number of piperazine rings is 1. The van der Waals surface area contributed by atoms with Gasteiger partial charge in [-0.1, -0.05) is 42.5 Å². The Morgan fingerprint density at radius 1 is 0.889 bits per heavy atom. The van der Waals surface area contributed by atoms with E-state index in [0.29, 0.717) is 30.7 Å². The molecule has 0 radical (unpaired) electrons. The summed E-state index contributed by atoms with van der Waals surface area (Å²) in [5.41, 5.74) is 3.63. The summed E-state index contributed by atoms with van der Waals surface area (Å²) in [6.45, 7) is 3.97. The number of fused-ring (bicyclic) bond motifs is 1. The Hall–Kier alpha value is -4.01. The van der Waals surface area contributed by atoms with Gasteiger partial charge in [-0.05, 0) is 29.8 Å². The van der Waals surface area contributed by atoms with E-state index < -0.39 is 18.0 Å². The van der Waals surface area contributed by atoms with Crippen molar-refractivity contribution in [2.45, 2.75) is 19.1 Å². The number of pyridine rings is 1. The molecule has 2 aromatic carbocycles. The van der Waals surface area contributed by atoms with Crippen LogP contribution in [0.15, 0.2) is 79.1 Å². The van der Waals surface area contributed by atoms with Gasteiger partial charge in [0, 0.05) is 68.1 Å². The van der Waals surface area contributed by atoms with E-state index in [2.05, 4.69) is 9.88 Å². The van der Waals surface area contributed by atoms with Crippen LogP contribution in [0.3, 0.4) is 0 Å². The van der Waals surface area contributed by atoms with Gasteiger partial charge in [0.1, 0.15) is 6.04 Å². The number of carbonyl (C=O) groups is 2. The van der Waals surface area contributed by atoms with Crippen LogP contribution < -0.4 is 0 Å². The van der Waals surface area contributed by atoms with Gasteiger partial charge in [-0.15, -0.1) is 0 Å². The van der Waals surface area contributed by atoms with E-state index in [1.165, 1.54) is 0 Å². The summed E-state index contributed by atoms with van der Waals surface area (Å²) in [4.78, 5) is 32.9. The maximum atomic E-state index is 12.6. The quantitative estimate of drug-likeness (QED) is 0.393. The van der Waals surface area contributed by atoms with Gasteiger partial charge in [-0.2, -0.15) is 0 Å². The Labute approximate surface area is 209 Å². The van der Waals surface area contributed by atoms with Gasteiger partial charge in [-0.25, -0.2) is 4.79 Å². The van der Waals surface area contributed by atoms with Crippen LogP contribution in [0, 0.1) is 0 Å². The highest BCUT2D eigenvalue weighted by atomic mass is 16.4. The third-order valence-electron chi connectivity index (χ3n) is 6.77. The van der Waals surface area contributed by atoms with E-state index >= 15 is 0 Å². The number of hydrogen-bond acceptors (Lipinski definition) is 5. The number of benzene rings is 2. The SMILES string of the molecule is O=C(O)c1ccc2c([C@H](C(=O)O)N3CCN(Cc4ccccn4)CC3)cn(Cc3ccccc3)c2c1. The molecule has 36 heavy (non-hydrogen) atoms. The predicted octanol–water partition coefficient (Wildman–Crippen LogP) is 3.73. The summed E-state index contributed by atoms with van der Waals surface area (Å²) in [6.07, 6.45) is 3.66. The number of rotatable bonds is 8. The second-order valence-electron chi connectivity index (χ2n) is 9.11. The highest BCUT2D eigenvalue weighted by Gasteiger charge is 2.33. The normalized spacial score (nSPS) is 15.7. The molecule has 0 unspecified atom stereocenters. The summed E-state index contributed by atoms with van der Waals surface area (Å²) in [6, 6.07) is 19.8. The zero-order chi connectivity index (χ0) is 25.1. The van der Waals surface area contributed by atoms with Crippen molar-refractivity contribution < 1.29 is 19.8 Å². The van der Waals surface area contributed by atoms with E-state index in [-0.39, 0.29) is 5.56 Å². The molecule has 1 aliphatic heterocycles. The van der Waals surface area contributed by atoms with Crippen molar-refractivity contribution in [3.8, 4) is 0 Å². The molecule has 2 N–H and O–H groups in total. The number of hydrogen-bond donors (Lipinski definition) is 2. The van der Waals surface area contributed by atoms with E-state index in [9.17, 15) is 19.8 Å². The van der Waals surface area contributed by atoms with Crippen molar-refractivity contribution in [1.29, 1.82) is 0 Å². The van der Waals surface area contributed by atoms with Gasteiger partial charge in [0.05, 0.1) is 11.3 Å². The minimum absolute atomic E-state index is 0.177. The van der Waals surface area contributed by atoms with Crippen molar-refractivity contribution in [3.05, 3.63) is 102 Å². The van der Waals surface area contributed by atoms with Crippen molar-refractivity contribution in [3.63, 3.8) is 0 Å². The van der Waals surface area contributed by atoms with E-state index in [1.54, 1.807) is 24.4 Å². The van der Waals surface area contributed by atoms with Gasteiger partial charge >= 0.3 is 11.9 Å². The molecule has 184 valence electrons. The first kappa shape index (κ1) is 23.7. The van der Waals surface area contributed by atoms with Crippen LogP contribution in [0.2, 0.25) is 0 Å². The fourth-order valence-electron chi connectivity index (χ4n) is 4.97. The topological polar surface area (TPSA) is 98.9 Å². The molecule has 0 saturated carbocycles. The molecule has 3 heterocycles. The number of carboxylic acids is 2. The summed E-state index contributed by atoms with van der Waals surface area (Å²) in [5, 5.41) is 20.6. The molecule has 5 rings (SSSR count). The fraction of sp³-hybridized carbons (Fsp3) is 0.250. The van der Waals surface area contributed by atoms with Crippen LogP contribution in [-0.2, 0) is 17.9 Å². The van der Waals surface area contributed by atoms with Crippen LogP contribution in [0.5, 0.6) is 0 Å². The third-order valence-corrected chi connectivity index (χ3v) is 6.77. The van der Waals surface area contributed by atoms with Crippen LogP contribution in [-0.4, -0.2) is 67.7 Å². The Kier molecular flexibility index (Phi) is 6.79. The highest BCUT2D eigenvalue weighted by Crippen LogP contribution is 2.32. The summed E-state index contributed by atoms with van der Waals surface area (Å²) < 4.78 is 1.96. The minimum atomic E-state index is -1.01. The lowest BCUT2D eigenvalue weighted by Gasteiger charge is -2.37. The molecule has 8 nitrogen and oxygen atoms in total. The van der Waals surface area contributed by atoms with Crippen LogP contribution in [0.25, 0.3) is 10.9 Å². The zero-order valence-corrected chi connectivity index (χ0v) is 19.8. The Bertz CT molecular complexity index is 1360. The lowest BCUT2D eigenvalue weighted by molar-refractivity contribution is -0.144. The number of nitrogens with zero attached hydrogens (tertiary/aromatic N) is 4. The lowest BCUT2D eigenvalue weighted by atomic mass is 10.0. The number of carboxylic acid groups (broad SMARTS) is 2. The predicted molar refractivity (Wildman–Crippen MR) is 136 cm³/mol. The molecule has 8 heteroatoms. The molecule has 0 aliphatic carbocycles. The maximum Gasteiger partial charge on any atom is 0.335 e. The molecule has 4 aromatic rings. The first-order chi connectivity index (χ1) is 17.5. The fourth-order valence-corrected chi connectivity index (χ4v) is 4.97. The van der Waals surface area contributed by atoms with Gasteiger partial charge in [0.15, 0.2) is 0 Å². The van der Waals surface area contributed by atoms with Crippen molar-refractivity contribution in [2.75, 3.05) is 26.2 Å². The lowest BCUT2D eigenvalue weighted by Crippen LogP contribution is -2.48. The first-order valence-electron chi connectivity index (χ1n) is 12.0. The second kappa shape index (κ2) is 10.3. The van der Waals surface area contributed by atoms with E-state index in [4.69, 9.17) is 0 Å². The highest BCUT2D eigenvalue weighted by molar-refractivity contribution is 5.96. The molecule has 0 spiro atoms. The summed E-state index contributed by atoms with van der Waals surface area (Å²) in [7, 11) is 0. The molecule has 1 saturated heterocycles. The molecule has 1 fully saturated rings. The number of aromatic carboxylic acids is 1. The van der Waals surface area contributed by atoms with E-state index in [0.717, 1.165) is 36.3 Å². The van der Waals surface area contributed by atoms with Gasteiger partial charge in [-0.3, -0.25) is 19.6 Å². The molecular formula is C28H28N4O4. The van der Waals surface area contributed by atoms with E-state index in [1.807, 2.05) is 64.2 Å². The van der Waals surface area contributed by atoms with Gasteiger partial charge < -0.3 is 14.8 Å². The smallest absolute Gasteiger partial charge is 0.335 e. The van der Waals surface area contributed by atoms with Crippen LogP contribution in [0.1, 0.15) is 33.2 Å².